The lowest BCUT2D eigenvalue weighted by molar-refractivity contribution is -0.128. The summed E-state index contributed by atoms with van der Waals surface area (Å²) in [6.07, 6.45) is 1.40. The third kappa shape index (κ3) is 2.85. The molecule has 1 aromatic rings. The van der Waals surface area contributed by atoms with Crippen molar-refractivity contribution in [2.24, 2.45) is 0 Å². The molecule has 5 heteroatoms. The van der Waals surface area contributed by atoms with E-state index in [9.17, 15) is 14.0 Å². The van der Waals surface area contributed by atoms with Gasteiger partial charge in [-0.15, -0.1) is 0 Å². The zero-order valence-electron chi connectivity index (χ0n) is 9.89. The molecule has 96 valence electrons. The highest BCUT2D eigenvalue weighted by Gasteiger charge is 2.20. The van der Waals surface area contributed by atoms with Gasteiger partial charge in [0.2, 0.25) is 5.91 Å². The number of carbonyl (C=O) groups excluding carboxylic acids is 2. The molecule has 1 saturated heterocycles. The highest BCUT2D eigenvalue weighted by Crippen LogP contribution is 2.10. The first-order chi connectivity index (χ1) is 8.68. The number of hydrogen-bond acceptors (Lipinski definition) is 3. The molecule has 0 saturated carbocycles. The van der Waals surface area contributed by atoms with Crippen molar-refractivity contribution in [3.05, 3.63) is 35.6 Å². The van der Waals surface area contributed by atoms with Gasteiger partial charge in [-0.05, 0) is 18.6 Å². The maximum absolute atomic E-state index is 13.3. The first kappa shape index (κ1) is 12.5. The molecule has 1 aliphatic heterocycles. The number of ether oxygens (including phenoxy) is 1. The molecular weight excluding hydrogens is 237 g/mol. The topological polar surface area (TPSA) is 46.6 Å². The molecule has 0 spiro atoms. The molecule has 1 fully saturated rings. The number of halogens is 1. The molecule has 0 N–H and O–H groups in total. The number of esters is 1. The summed E-state index contributed by atoms with van der Waals surface area (Å²) in [5.41, 5.74) is -0.0785. The molecule has 0 aliphatic carbocycles. The van der Waals surface area contributed by atoms with Gasteiger partial charge in [-0.25, -0.2) is 9.18 Å². The van der Waals surface area contributed by atoms with Gasteiger partial charge in [0.25, 0.3) is 0 Å². The summed E-state index contributed by atoms with van der Waals surface area (Å²) in [6, 6.07) is 5.66. The van der Waals surface area contributed by atoms with E-state index < -0.39 is 11.8 Å². The van der Waals surface area contributed by atoms with E-state index >= 15 is 0 Å². The largest absolute Gasteiger partial charge is 0.460 e. The summed E-state index contributed by atoms with van der Waals surface area (Å²) in [4.78, 5) is 24.5. The van der Waals surface area contributed by atoms with Gasteiger partial charge >= 0.3 is 5.97 Å². The van der Waals surface area contributed by atoms with Crippen LogP contribution >= 0.6 is 0 Å². The fraction of sp³-hybridized carbons (Fsp3) is 0.385. The van der Waals surface area contributed by atoms with Crippen LogP contribution in [0.4, 0.5) is 4.39 Å². The maximum Gasteiger partial charge on any atom is 0.341 e. The van der Waals surface area contributed by atoms with Crippen LogP contribution in [-0.4, -0.2) is 36.5 Å². The van der Waals surface area contributed by atoms with Crippen LogP contribution in [0.5, 0.6) is 0 Å². The number of benzene rings is 1. The second-order valence-corrected chi connectivity index (χ2v) is 4.10. The highest BCUT2D eigenvalue weighted by atomic mass is 19.1. The Balaban J connectivity index is 1.82. The predicted molar refractivity (Wildman–Crippen MR) is 62.5 cm³/mol. The van der Waals surface area contributed by atoms with Crippen molar-refractivity contribution in [2.45, 2.75) is 12.8 Å². The SMILES string of the molecule is O=C(OCCN1CCCC1=O)c1ccccc1F. The molecule has 4 nitrogen and oxygen atoms in total. The van der Waals surface area contributed by atoms with Gasteiger partial charge < -0.3 is 9.64 Å². The number of amides is 1. The maximum atomic E-state index is 13.3. The molecule has 0 radical (unpaired) electrons. The standard InChI is InChI=1S/C13H14FNO3/c14-11-5-2-1-4-10(11)13(17)18-9-8-15-7-3-6-12(15)16/h1-2,4-5H,3,6-9H2. The molecule has 0 atom stereocenters. The molecule has 1 aliphatic rings. The van der Waals surface area contributed by atoms with Crippen LogP contribution in [0.25, 0.3) is 0 Å². The summed E-state index contributed by atoms with van der Waals surface area (Å²) >= 11 is 0. The molecule has 1 aromatic carbocycles. The van der Waals surface area contributed by atoms with Crippen molar-refractivity contribution in [1.82, 2.24) is 4.90 Å². The van der Waals surface area contributed by atoms with Gasteiger partial charge in [0, 0.05) is 13.0 Å². The fourth-order valence-corrected chi connectivity index (χ4v) is 1.89. The van der Waals surface area contributed by atoms with Crippen LogP contribution in [0.1, 0.15) is 23.2 Å². The van der Waals surface area contributed by atoms with E-state index in [4.69, 9.17) is 4.74 Å². The number of hydrogen-bond donors (Lipinski definition) is 0. The Kier molecular flexibility index (Phi) is 3.92. The van der Waals surface area contributed by atoms with Crippen LogP contribution in [-0.2, 0) is 9.53 Å². The fourth-order valence-electron chi connectivity index (χ4n) is 1.89. The van der Waals surface area contributed by atoms with E-state index in [1.807, 2.05) is 0 Å². The summed E-state index contributed by atoms with van der Waals surface area (Å²) in [6.45, 7) is 1.17. The second-order valence-electron chi connectivity index (χ2n) is 4.10. The van der Waals surface area contributed by atoms with Crippen molar-refractivity contribution in [1.29, 1.82) is 0 Å². The number of likely N-dealkylation sites (tertiary alicyclic amines) is 1. The van der Waals surface area contributed by atoms with Crippen molar-refractivity contribution in [3.8, 4) is 0 Å². The Labute approximate surface area is 104 Å². The number of nitrogens with zero attached hydrogens (tertiary/aromatic N) is 1. The Bertz CT molecular complexity index is 461. The van der Waals surface area contributed by atoms with Crippen molar-refractivity contribution in [3.63, 3.8) is 0 Å². The van der Waals surface area contributed by atoms with E-state index in [2.05, 4.69) is 0 Å². The normalized spacial score (nSPS) is 14.9. The highest BCUT2D eigenvalue weighted by molar-refractivity contribution is 5.89. The Morgan fingerprint density at radius 1 is 1.39 bits per heavy atom. The lowest BCUT2D eigenvalue weighted by atomic mass is 10.2. The van der Waals surface area contributed by atoms with Crippen LogP contribution < -0.4 is 0 Å². The van der Waals surface area contributed by atoms with Gasteiger partial charge in [0.15, 0.2) is 0 Å². The molecule has 2 rings (SSSR count). The van der Waals surface area contributed by atoms with E-state index in [0.717, 1.165) is 6.42 Å². The number of carbonyl (C=O) groups is 2. The van der Waals surface area contributed by atoms with Gasteiger partial charge in [-0.2, -0.15) is 0 Å². The smallest absolute Gasteiger partial charge is 0.341 e. The summed E-state index contributed by atoms with van der Waals surface area (Å²) < 4.78 is 18.2. The zero-order chi connectivity index (χ0) is 13.0. The van der Waals surface area contributed by atoms with Crippen molar-refractivity contribution in [2.75, 3.05) is 19.7 Å². The quantitative estimate of drug-likeness (QED) is 0.764. The summed E-state index contributed by atoms with van der Waals surface area (Å²) in [5, 5.41) is 0. The lowest BCUT2D eigenvalue weighted by Crippen LogP contribution is -2.29. The van der Waals surface area contributed by atoms with E-state index in [-0.39, 0.29) is 18.1 Å². The van der Waals surface area contributed by atoms with E-state index in [1.54, 1.807) is 11.0 Å². The minimum atomic E-state index is -0.695. The third-order valence-electron chi connectivity index (χ3n) is 2.86. The first-order valence-electron chi connectivity index (χ1n) is 5.88. The van der Waals surface area contributed by atoms with Crippen LogP contribution in [0, 0.1) is 5.82 Å². The Hall–Kier alpha value is -1.91. The molecular formula is C13H14FNO3. The van der Waals surface area contributed by atoms with Crippen LogP contribution in [0.2, 0.25) is 0 Å². The molecule has 0 bridgehead atoms. The summed E-state index contributed by atoms with van der Waals surface area (Å²) in [5.74, 6) is -1.21. The molecule has 0 aromatic heterocycles. The van der Waals surface area contributed by atoms with Crippen LogP contribution in [0.15, 0.2) is 24.3 Å². The molecule has 1 heterocycles. The van der Waals surface area contributed by atoms with Gasteiger partial charge in [0.1, 0.15) is 12.4 Å². The predicted octanol–water partition coefficient (Wildman–Crippen LogP) is 1.60. The second kappa shape index (κ2) is 5.62. The lowest BCUT2D eigenvalue weighted by Gasteiger charge is -2.15. The average Bonchev–Trinajstić information content (AvgIpc) is 2.75. The molecule has 18 heavy (non-hydrogen) atoms. The van der Waals surface area contributed by atoms with Gasteiger partial charge in [0.05, 0.1) is 12.1 Å². The summed E-state index contributed by atoms with van der Waals surface area (Å²) in [7, 11) is 0. The van der Waals surface area contributed by atoms with E-state index in [0.29, 0.717) is 19.5 Å². The molecule has 1 amide bonds. The van der Waals surface area contributed by atoms with Crippen molar-refractivity contribution < 1.29 is 18.7 Å². The van der Waals surface area contributed by atoms with E-state index in [1.165, 1.54) is 18.2 Å². The van der Waals surface area contributed by atoms with Gasteiger partial charge in [-0.1, -0.05) is 12.1 Å². The monoisotopic (exact) mass is 251 g/mol. The average molecular weight is 251 g/mol. The minimum Gasteiger partial charge on any atom is -0.460 e. The Morgan fingerprint density at radius 2 is 2.17 bits per heavy atom. The number of rotatable bonds is 4. The first-order valence-corrected chi connectivity index (χ1v) is 5.88. The van der Waals surface area contributed by atoms with Crippen molar-refractivity contribution >= 4 is 11.9 Å². The third-order valence-corrected chi connectivity index (χ3v) is 2.86. The minimum absolute atomic E-state index is 0.0785. The van der Waals surface area contributed by atoms with Crippen LogP contribution in [0.3, 0.4) is 0 Å². The zero-order valence-corrected chi connectivity index (χ0v) is 9.89. The molecule has 0 unspecified atom stereocenters. The Morgan fingerprint density at radius 3 is 2.83 bits per heavy atom. The van der Waals surface area contributed by atoms with Gasteiger partial charge in [-0.3, -0.25) is 4.79 Å².